The molecule has 2 rings (SSSR count). The smallest absolute Gasteiger partial charge is 0.243 e. The van der Waals surface area contributed by atoms with Crippen molar-refractivity contribution in [3.8, 4) is 0 Å². The Hall–Kier alpha value is -1.60. The summed E-state index contributed by atoms with van der Waals surface area (Å²) in [5.41, 5.74) is 6.62. The van der Waals surface area contributed by atoms with E-state index in [2.05, 4.69) is 4.72 Å². The highest BCUT2D eigenvalue weighted by Gasteiger charge is 2.28. The largest absolute Gasteiger partial charge is 0.398 e. The van der Waals surface area contributed by atoms with Crippen LogP contribution < -0.4 is 10.5 Å². The Bertz CT molecular complexity index is 607. The van der Waals surface area contributed by atoms with Gasteiger partial charge in [0.1, 0.15) is 4.90 Å². The third kappa shape index (κ3) is 2.94. The number of benzene rings is 1. The number of likely N-dealkylation sites (N-methyl/N-ethyl adjacent to an activating group) is 1. The number of nitrogens with one attached hydrogen (secondary N) is 1. The molecule has 1 fully saturated rings. The summed E-state index contributed by atoms with van der Waals surface area (Å²) in [4.78, 5) is 13.1. The van der Waals surface area contributed by atoms with E-state index in [1.54, 1.807) is 32.2 Å². The highest BCUT2D eigenvalue weighted by molar-refractivity contribution is 7.89. The second-order valence-corrected chi connectivity index (χ2v) is 6.78. The van der Waals surface area contributed by atoms with Crippen molar-refractivity contribution in [2.75, 3.05) is 19.3 Å². The monoisotopic (exact) mass is 297 g/mol. The zero-order valence-electron chi connectivity index (χ0n) is 11.6. The third-order valence-corrected chi connectivity index (χ3v) is 5.20. The van der Waals surface area contributed by atoms with Gasteiger partial charge in [-0.25, -0.2) is 13.1 Å². The van der Waals surface area contributed by atoms with Gasteiger partial charge in [-0.3, -0.25) is 4.79 Å². The number of nitrogen functional groups attached to an aromatic ring is 1. The molecule has 0 radical (unpaired) electrons. The van der Waals surface area contributed by atoms with E-state index in [1.165, 1.54) is 4.90 Å². The van der Waals surface area contributed by atoms with Crippen LogP contribution in [0, 0.1) is 6.92 Å². The molecule has 20 heavy (non-hydrogen) atoms. The SMILES string of the molecule is Cc1cccc(N)c1S(=O)(=O)NC1CCC(=O)N(C)C1. The number of aryl methyl sites for hydroxylation is 1. The van der Waals surface area contributed by atoms with Crippen molar-refractivity contribution in [2.45, 2.75) is 30.7 Å². The summed E-state index contributed by atoms with van der Waals surface area (Å²) in [5.74, 6) is 0.0378. The van der Waals surface area contributed by atoms with E-state index in [0.717, 1.165) is 0 Å². The van der Waals surface area contributed by atoms with E-state index in [1.807, 2.05) is 0 Å². The number of anilines is 1. The van der Waals surface area contributed by atoms with Crippen LogP contribution in [-0.4, -0.2) is 38.9 Å². The summed E-state index contributed by atoms with van der Waals surface area (Å²) in [6.07, 6.45) is 0.862. The van der Waals surface area contributed by atoms with Crippen LogP contribution in [0.3, 0.4) is 0 Å². The number of piperidine rings is 1. The zero-order chi connectivity index (χ0) is 14.9. The molecule has 6 nitrogen and oxygen atoms in total. The fraction of sp³-hybridized carbons (Fsp3) is 0.462. The molecule has 1 aromatic rings. The highest BCUT2D eigenvalue weighted by Crippen LogP contribution is 2.23. The number of sulfonamides is 1. The maximum atomic E-state index is 12.4. The lowest BCUT2D eigenvalue weighted by molar-refractivity contribution is -0.132. The molecular formula is C13H19N3O3S. The van der Waals surface area contributed by atoms with Crippen molar-refractivity contribution < 1.29 is 13.2 Å². The lowest BCUT2D eigenvalue weighted by atomic mass is 10.1. The normalized spacial score (nSPS) is 20.2. The van der Waals surface area contributed by atoms with Gasteiger partial charge < -0.3 is 10.6 Å². The first-order valence-corrected chi connectivity index (χ1v) is 7.91. The number of carbonyl (C=O) groups is 1. The molecule has 1 aromatic carbocycles. The Labute approximate surface area is 119 Å². The fourth-order valence-corrected chi connectivity index (χ4v) is 4.05. The van der Waals surface area contributed by atoms with Gasteiger partial charge in [-0.1, -0.05) is 12.1 Å². The van der Waals surface area contributed by atoms with Gasteiger partial charge in [-0.2, -0.15) is 0 Å². The number of carbonyl (C=O) groups excluding carboxylic acids is 1. The number of likely N-dealkylation sites (tertiary alicyclic amines) is 1. The molecule has 1 atom stereocenters. The van der Waals surface area contributed by atoms with Crippen molar-refractivity contribution in [1.29, 1.82) is 0 Å². The van der Waals surface area contributed by atoms with E-state index in [4.69, 9.17) is 5.73 Å². The number of nitrogens with zero attached hydrogens (tertiary/aromatic N) is 1. The quantitative estimate of drug-likeness (QED) is 0.794. The van der Waals surface area contributed by atoms with Crippen LogP contribution in [0.4, 0.5) is 5.69 Å². The summed E-state index contributed by atoms with van der Waals surface area (Å²) < 4.78 is 27.5. The first kappa shape index (κ1) is 14.8. The Kier molecular flexibility index (Phi) is 4.01. The number of hydrogen-bond donors (Lipinski definition) is 2. The topological polar surface area (TPSA) is 92.5 Å². The van der Waals surface area contributed by atoms with Crippen molar-refractivity contribution in [3.63, 3.8) is 0 Å². The van der Waals surface area contributed by atoms with Gasteiger partial charge in [0.25, 0.3) is 0 Å². The van der Waals surface area contributed by atoms with Gasteiger partial charge in [0.15, 0.2) is 0 Å². The Morgan fingerprint density at radius 3 is 2.70 bits per heavy atom. The van der Waals surface area contributed by atoms with E-state index < -0.39 is 10.0 Å². The van der Waals surface area contributed by atoms with E-state index in [-0.39, 0.29) is 22.5 Å². The number of amides is 1. The Morgan fingerprint density at radius 2 is 2.10 bits per heavy atom. The number of rotatable bonds is 3. The summed E-state index contributed by atoms with van der Waals surface area (Å²) in [6.45, 7) is 2.09. The summed E-state index contributed by atoms with van der Waals surface area (Å²) >= 11 is 0. The molecule has 7 heteroatoms. The second kappa shape index (κ2) is 5.41. The van der Waals surface area contributed by atoms with Crippen molar-refractivity contribution in [3.05, 3.63) is 23.8 Å². The predicted octanol–water partition coefficient (Wildman–Crippen LogP) is 0.476. The molecule has 1 aliphatic rings. The highest BCUT2D eigenvalue weighted by atomic mass is 32.2. The molecule has 0 aliphatic carbocycles. The Balaban J connectivity index is 2.22. The minimum atomic E-state index is -3.68. The van der Waals surface area contributed by atoms with Crippen LogP contribution >= 0.6 is 0 Å². The molecule has 1 saturated heterocycles. The maximum Gasteiger partial charge on any atom is 0.243 e. The van der Waals surface area contributed by atoms with E-state index >= 15 is 0 Å². The zero-order valence-corrected chi connectivity index (χ0v) is 12.4. The summed E-state index contributed by atoms with van der Waals surface area (Å²) in [7, 11) is -2.00. The maximum absolute atomic E-state index is 12.4. The van der Waals surface area contributed by atoms with Crippen LogP contribution in [0.25, 0.3) is 0 Å². The molecule has 0 aromatic heterocycles. The van der Waals surface area contributed by atoms with Crippen LogP contribution in [0.5, 0.6) is 0 Å². The predicted molar refractivity (Wildman–Crippen MR) is 76.6 cm³/mol. The third-order valence-electron chi connectivity index (χ3n) is 3.46. The Morgan fingerprint density at radius 1 is 1.40 bits per heavy atom. The average Bonchev–Trinajstić information content (AvgIpc) is 2.33. The van der Waals surface area contributed by atoms with Crippen molar-refractivity contribution >= 4 is 21.6 Å². The summed E-state index contributed by atoms with van der Waals surface area (Å²) in [5, 5.41) is 0. The van der Waals surface area contributed by atoms with Crippen LogP contribution in [0.2, 0.25) is 0 Å². The van der Waals surface area contributed by atoms with Gasteiger partial charge in [0, 0.05) is 26.1 Å². The summed E-state index contributed by atoms with van der Waals surface area (Å²) in [6, 6.07) is 4.72. The fourth-order valence-electron chi connectivity index (χ4n) is 2.43. The van der Waals surface area contributed by atoms with Crippen LogP contribution in [0.15, 0.2) is 23.1 Å². The molecule has 1 amide bonds. The minimum absolute atomic E-state index is 0.0378. The van der Waals surface area contributed by atoms with Gasteiger partial charge in [0.05, 0.1) is 5.69 Å². The van der Waals surface area contributed by atoms with E-state index in [0.29, 0.717) is 24.9 Å². The lowest BCUT2D eigenvalue weighted by Gasteiger charge is -2.30. The molecule has 3 N–H and O–H groups in total. The van der Waals surface area contributed by atoms with Crippen molar-refractivity contribution in [1.82, 2.24) is 9.62 Å². The molecule has 0 saturated carbocycles. The lowest BCUT2D eigenvalue weighted by Crippen LogP contribution is -2.48. The number of nitrogens with two attached hydrogens (primary N) is 1. The minimum Gasteiger partial charge on any atom is -0.398 e. The first-order chi connectivity index (χ1) is 9.31. The van der Waals surface area contributed by atoms with Gasteiger partial charge in [-0.15, -0.1) is 0 Å². The molecular weight excluding hydrogens is 278 g/mol. The first-order valence-electron chi connectivity index (χ1n) is 6.42. The standard InChI is InChI=1S/C13H19N3O3S/c1-9-4-3-5-11(14)13(9)20(18,19)15-10-6-7-12(17)16(2)8-10/h3-5,10,15H,6-8,14H2,1-2H3. The van der Waals surface area contributed by atoms with E-state index in [9.17, 15) is 13.2 Å². The molecule has 0 bridgehead atoms. The van der Waals surface area contributed by atoms with Crippen molar-refractivity contribution in [2.24, 2.45) is 0 Å². The second-order valence-electron chi connectivity index (χ2n) is 5.12. The molecule has 1 unspecified atom stereocenters. The van der Waals surface area contributed by atoms with Crippen LogP contribution in [0.1, 0.15) is 18.4 Å². The molecule has 1 aliphatic heterocycles. The van der Waals surface area contributed by atoms with Gasteiger partial charge >= 0.3 is 0 Å². The molecule has 1 heterocycles. The number of hydrogen-bond acceptors (Lipinski definition) is 4. The van der Waals surface area contributed by atoms with Crippen LogP contribution in [-0.2, 0) is 14.8 Å². The molecule has 110 valence electrons. The average molecular weight is 297 g/mol. The van der Waals surface area contributed by atoms with Gasteiger partial charge in [-0.05, 0) is 25.0 Å². The molecule has 0 spiro atoms. The van der Waals surface area contributed by atoms with Gasteiger partial charge in [0.2, 0.25) is 15.9 Å².